The molecule has 1 aromatic rings. The predicted octanol–water partition coefficient (Wildman–Crippen LogP) is 0.720. The summed E-state index contributed by atoms with van der Waals surface area (Å²) in [6, 6.07) is 2.88. The fourth-order valence-corrected chi connectivity index (χ4v) is 3.39. The van der Waals surface area contributed by atoms with E-state index < -0.39 is 32.7 Å². The highest BCUT2D eigenvalue weighted by atomic mass is 32.2. The first-order valence-corrected chi connectivity index (χ1v) is 6.49. The molecule has 0 saturated carbocycles. The SMILES string of the molecule is O=S(=O)(c1c(F)cccc1F)N1CCC(O)C1. The summed E-state index contributed by atoms with van der Waals surface area (Å²) in [7, 11) is -4.21. The van der Waals surface area contributed by atoms with Crippen molar-refractivity contribution in [3.8, 4) is 0 Å². The van der Waals surface area contributed by atoms with Crippen molar-refractivity contribution in [1.29, 1.82) is 0 Å². The second-order valence-electron chi connectivity index (χ2n) is 3.86. The highest BCUT2D eigenvalue weighted by Crippen LogP contribution is 2.25. The summed E-state index contributed by atoms with van der Waals surface area (Å²) in [5.41, 5.74) is 0. The van der Waals surface area contributed by atoms with Gasteiger partial charge in [0.25, 0.3) is 0 Å². The summed E-state index contributed by atoms with van der Waals surface area (Å²) < 4.78 is 51.6. The lowest BCUT2D eigenvalue weighted by atomic mass is 10.3. The Kier molecular flexibility index (Phi) is 3.15. The molecular weight excluding hydrogens is 252 g/mol. The van der Waals surface area contributed by atoms with Gasteiger partial charge in [-0.05, 0) is 18.6 Å². The molecule has 1 heterocycles. The van der Waals surface area contributed by atoms with Gasteiger partial charge in [0, 0.05) is 13.1 Å². The molecule has 1 aromatic carbocycles. The topological polar surface area (TPSA) is 57.6 Å². The van der Waals surface area contributed by atoms with Crippen LogP contribution in [-0.4, -0.2) is 37.0 Å². The monoisotopic (exact) mass is 263 g/mol. The molecule has 4 nitrogen and oxygen atoms in total. The van der Waals surface area contributed by atoms with E-state index in [9.17, 15) is 22.3 Å². The molecule has 7 heteroatoms. The zero-order chi connectivity index (χ0) is 12.6. The number of halogens is 2. The first-order chi connectivity index (χ1) is 7.93. The normalized spacial score (nSPS) is 21.9. The van der Waals surface area contributed by atoms with Crippen molar-refractivity contribution in [1.82, 2.24) is 4.31 Å². The largest absolute Gasteiger partial charge is 0.392 e. The van der Waals surface area contributed by atoms with Gasteiger partial charge in [0.15, 0.2) is 4.90 Å². The molecule has 1 atom stereocenters. The molecule has 0 amide bonds. The van der Waals surface area contributed by atoms with E-state index in [1.807, 2.05) is 0 Å². The van der Waals surface area contributed by atoms with Gasteiger partial charge in [-0.1, -0.05) is 6.07 Å². The van der Waals surface area contributed by atoms with Crippen LogP contribution in [-0.2, 0) is 10.0 Å². The lowest BCUT2D eigenvalue weighted by Crippen LogP contribution is -2.31. The Hall–Kier alpha value is -1.05. The summed E-state index contributed by atoms with van der Waals surface area (Å²) in [5, 5.41) is 9.25. The van der Waals surface area contributed by atoms with Gasteiger partial charge in [-0.25, -0.2) is 17.2 Å². The van der Waals surface area contributed by atoms with Crippen molar-refractivity contribution in [3.63, 3.8) is 0 Å². The molecule has 1 aliphatic heterocycles. The maximum absolute atomic E-state index is 13.4. The molecule has 0 spiro atoms. The number of aliphatic hydroxyl groups is 1. The van der Waals surface area contributed by atoms with Crippen LogP contribution in [0.3, 0.4) is 0 Å². The van der Waals surface area contributed by atoms with Crippen molar-refractivity contribution in [2.45, 2.75) is 17.4 Å². The van der Waals surface area contributed by atoms with E-state index >= 15 is 0 Å². The minimum Gasteiger partial charge on any atom is -0.392 e. The molecule has 17 heavy (non-hydrogen) atoms. The highest BCUT2D eigenvalue weighted by Gasteiger charge is 2.35. The van der Waals surface area contributed by atoms with E-state index in [4.69, 9.17) is 0 Å². The van der Waals surface area contributed by atoms with Crippen molar-refractivity contribution in [2.75, 3.05) is 13.1 Å². The minimum absolute atomic E-state index is 0.0667. The Morgan fingerprint density at radius 1 is 1.29 bits per heavy atom. The first-order valence-electron chi connectivity index (χ1n) is 5.05. The summed E-state index contributed by atoms with van der Waals surface area (Å²) in [6.07, 6.45) is -0.505. The van der Waals surface area contributed by atoms with Crippen LogP contribution < -0.4 is 0 Å². The van der Waals surface area contributed by atoms with E-state index in [1.165, 1.54) is 0 Å². The molecule has 2 rings (SSSR count). The first kappa shape index (κ1) is 12.4. The molecule has 0 radical (unpaired) electrons. The Morgan fingerprint density at radius 3 is 2.35 bits per heavy atom. The zero-order valence-electron chi connectivity index (χ0n) is 8.81. The van der Waals surface area contributed by atoms with Crippen molar-refractivity contribution >= 4 is 10.0 Å². The summed E-state index contributed by atoms with van der Waals surface area (Å²) in [5.74, 6) is -2.24. The van der Waals surface area contributed by atoms with E-state index in [-0.39, 0.29) is 19.5 Å². The van der Waals surface area contributed by atoms with E-state index in [2.05, 4.69) is 0 Å². The Balaban J connectivity index is 2.45. The molecule has 1 aliphatic rings. The summed E-state index contributed by atoms with van der Waals surface area (Å²) in [6.45, 7) is -0.0621. The Morgan fingerprint density at radius 2 is 1.88 bits per heavy atom. The third kappa shape index (κ3) is 2.18. The van der Waals surface area contributed by atoms with Crippen molar-refractivity contribution < 1.29 is 22.3 Å². The van der Waals surface area contributed by atoms with Crippen LogP contribution >= 0.6 is 0 Å². The molecule has 0 aliphatic carbocycles. The summed E-state index contributed by atoms with van der Waals surface area (Å²) >= 11 is 0. The zero-order valence-corrected chi connectivity index (χ0v) is 9.62. The van der Waals surface area contributed by atoms with Crippen molar-refractivity contribution in [3.05, 3.63) is 29.8 Å². The van der Waals surface area contributed by atoms with Crippen LogP contribution in [0, 0.1) is 11.6 Å². The van der Waals surface area contributed by atoms with Crippen LogP contribution in [0.25, 0.3) is 0 Å². The van der Waals surface area contributed by atoms with Gasteiger partial charge >= 0.3 is 0 Å². The molecule has 1 N–H and O–H groups in total. The number of benzene rings is 1. The third-order valence-corrected chi connectivity index (χ3v) is 4.56. The summed E-state index contributed by atoms with van der Waals surface area (Å²) in [4.78, 5) is -0.950. The lowest BCUT2D eigenvalue weighted by molar-refractivity contribution is 0.189. The number of β-amino-alcohol motifs (C(OH)–C–C–N with tert-alkyl or cyclic N) is 1. The van der Waals surface area contributed by atoms with Gasteiger partial charge in [-0.15, -0.1) is 0 Å². The van der Waals surface area contributed by atoms with Crippen LogP contribution in [0.2, 0.25) is 0 Å². The fraction of sp³-hybridized carbons (Fsp3) is 0.400. The lowest BCUT2D eigenvalue weighted by Gasteiger charge is -2.16. The maximum Gasteiger partial charge on any atom is 0.249 e. The highest BCUT2D eigenvalue weighted by molar-refractivity contribution is 7.89. The molecule has 0 aromatic heterocycles. The third-order valence-electron chi connectivity index (χ3n) is 2.64. The smallest absolute Gasteiger partial charge is 0.249 e. The van der Waals surface area contributed by atoms with Gasteiger partial charge in [0.1, 0.15) is 11.6 Å². The van der Waals surface area contributed by atoms with Gasteiger partial charge in [0.2, 0.25) is 10.0 Å². The minimum atomic E-state index is -4.21. The van der Waals surface area contributed by atoms with Crippen LogP contribution in [0.15, 0.2) is 23.1 Å². The number of sulfonamides is 1. The maximum atomic E-state index is 13.4. The Bertz CT molecular complexity index is 512. The van der Waals surface area contributed by atoms with E-state index in [0.29, 0.717) is 0 Å². The van der Waals surface area contributed by atoms with Crippen LogP contribution in [0.5, 0.6) is 0 Å². The van der Waals surface area contributed by atoms with Crippen LogP contribution in [0.1, 0.15) is 6.42 Å². The van der Waals surface area contributed by atoms with Gasteiger partial charge in [0.05, 0.1) is 6.10 Å². The van der Waals surface area contributed by atoms with Gasteiger partial charge in [-0.3, -0.25) is 0 Å². The predicted molar refractivity (Wildman–Crippen MR) is 55.7 cm³/mol. The van der Waals surface area contributed by atoms with Crippen molar-refractivity contribution in [2.24, 2.45) is 0 Å². The molecule has 94 valence electrons. The number of hydrogen-bond acceptors (Lipinski definition) is 3. The standard InChI is InChI=1S/C10H11F2NO3S/c11-8-2-1-3-9(12)10(8)17(15,16)13-5-4-7(14)6-13/h1-3,7,14H,4-6H2. The second-order valence-corrected chi connectivity index (χ2v) is 5.73. The number of hydrogen-bond donors (Lipinski definition) is 1. The molecule has 1 unspecified atom stereocenters. The molecule has 1 fully saturated rings. The van der Waals surface area contributed by atoms with Gasteiger partial charge < -0.3 is 5.11 Å². The van der Waals surface area contributed by atoms with Gasteiger partial charge in [-0.2, -0.15) is 4.31 Å². The average Bonchev–Trinajstić information content (AvgIpc) is 2.64. The second kappa shape index (κ2) is 4.32. The van der Waals surface area contributed by atoms with E-state index in [0.717, 1.165) is 22.5 Å². The molecular formula is C10H11F2NO3S. The van der Waals surface area contributed by atoms with E-state index in [1.54, 1.807) is 0 Å². The quantitative estimate of drug-likeness (QED) is 0.855. The number of nitrogens with zero attached hydrogens (tertiary/aromatic N) is 1. The number of rotatable bonds is 2. The Labute approximate surface area is 97.5 Å². The molecule has 0 bridgehead atoms. The molecule has 1 saturated heterocycles. The number of aliphatic hydroxyl groups excluding tert-OH is 1. The fourth-order valence-electron chi connectivity index (χ4n) is 1.79. The average molecular weight is 263 g/mol. The van der Waals surface area contributed by atoms with Crippen LogP contribution in [0.4, 0.5) is 8.78 Å².